The molecule has 246 valence electrons. The molecular weight excluding hydrogens is 601 g/mol. The van der Waals surface area contributed by atoms with Crippen molar-refractivity contribution < 1.29 is 47.8 Å². The summed E-state index contributed by atoms with van der Waals surface area (Å²) in [4.78, 5) is 37.8. The second kappa shape index (κ2) is 12.8. The highest BCUT2D eigenvalue weighted by Gasteiger charge is 2.55. The molecule has 7 atom stereocenters. The van der Waals surface area contributed by atoms with Crippen LogP contribution in [-0.2, 0) is 32.9 Å². The van der Waals surface area contributed by atoms with Crippen molar-refractivity contribution in [1.29, 1.82) is 0 Å². The van der Waals surface area contributed by atoms with Crippen molar-refractivity contribution in [1.82, 2.24) is 29.3 Å². The van der Waals surface area contributed by atoms with Gasteiger partial charge in [0.1, 0.15) is 29.9 Å². The third-order valence-corrected chi connectivity index (χ3v) is 9.78. The lowest BCUT2D eigenvalue weighted by molar-refractivity contribution is -0.148. The summed E-state index contributed by atoms with van der Waals surface area (Å²) in [6, 6.07) is -2.00. The number of carbonyl (C=O) groups excluding carboxylic acids is 2. The molecule has 7 unspecified atom stereocenters. The molecule has 17 nitrogen and oxygen atoms in total. The molecule has 0 amide bonds. The van der Waals surface area contributed by atoms with Crippen LogP contribution in [0.4, 0.5) is 5.95 Å². The third kappa shape index (κ3) is 6.83. The number of imidazole rings is 1. The monoisotopic (exact) mass is 643 g/mol. The predicted octanol–water partition coefficient (Wildman–Crippen LogP) is 0.756. The number of hydrogen-bond donors (Lipinski definition) is 4. The molecule has 2 fully saturated rings. The number of aromatic nitrogens is 4. The van der Waals surface area contributed by atoms with Crippen LogP contribution in [0, 0.1) is 5.41 Å². The highest BCUT2D eigenvalue weighted by atomic mass is 31.2. The van der Waals surface area contributed by atoms with Crippen molar-refractivity contribution in [2.45, 2.75) is 83.6 Å². The van der Waals surface area contributed by atoms with Gasteiger partial charge in [-0.05, 0) is 32.1 Å². The van der Waals surface area contributed by atoms with Gasteiger partial charge in [-0.1, -0.05) is 20.8 Å². The molecule has 2 saturated heterocycles. The Morgan fingerprint density at radius 1 is 1.32 bits per heavy atom. The number of nitrogen functional groups attached to an aromatic ring is 1. The first-order valence-corrected chi connectivity index (χ1v) is 15.7. The van der Waals surface area contributed by atoms with Crippen LogP contribution < -0.4 is 15.6 Å². The fourth-order valence-corrected chi connectivity index (χ4v) is 7.41. The van der Waals surface area contributed by atoms with Gasteiger partial charge in [-0.25, -0.2) is 14.7 Å². The van der Waals surface area contributed by atoms with Crippen molar-refractivity contribution in [2.24, 2.45) is 5.41 Å². The highest BCUT2D eigenvalue weighted by molar-refractivity contribution is 7.54. The molecule has 44 heavy (non-hydrogen) atoms. The molecular formula is C26H42N7O10P. The van der Waals surface area contributed by atoms with Crippen molar-refractivity contribution in [3.63, 3.8) is 0 Å². The van der Waals surface area contributed by atoms with Crippen LogP contribution in [0.1, 0.15) is 53.7 Å². The average Bonchev–Trinajstić information content (AvgIpc) is 3.67. The summed E-state index contributed by atoms with van der Waals surface area (Å²) in [6.45, 7) is 8.35. The molecule has 2 aromatic heterocycles. The van der Waals surface area contributed by atoms with E-state index in [0.29, 0.717) is 12.8 Å². The van der Waals surface area contributed by atoms with Crippen LogP contribution in [0.15, 0.2) is 6.33 Å². The van der Waals surface area contributed by atoms with E-state index in [4.69, 9.17) is 29.2 Å². The van der Waals surface area contributed by atoms with Gasteiger partial charge >= 0.3 is 19.6 Å². The molecule has 0 aliphatic carbocycles. The SMILES string of the molecule is COC(=O)C1CCCN1P(=O)(NC(C)C(=O)OCC(C)(C)C)OCC1OC(n2cnc3c(OC)nc(N)nc32)C(C)(O)C1O. The maximum atomic E-state index is 14.5. The summed E-state index contributed by atoms with van der Waals surface area (Å²) in [7, 11) is -1.57. The van der Waals surface area contributed by atoms with E-state index >= 15 is 0 Å². The van der Waals surface area contributed by atoms with Crippen LogP contribution in [0.25, 0.3) is 11.2 Å². The summed E-state index contributed by atoms with van der Waals surface area (Å²) in [5.41, 5.74) is 4.05. The van der Waals surface area contributed by atoms with Gasteiger partial charge in [0.05, 0.1) is 33.8 Å². The molecule has 0 radical (unpaired) electrons. The highest BCUT2D eigenvalue weighted by Crippen LogP contribution is 2.52. The molecule has 2 aliphatic rings. The maximum Gasteiger partial charge on any atom is 0.345 e. The topological polar surface area (TPSA) is 223 Å². The van der Waals surface area contributed by atoms with E-state index < -0.39 is 62.3 Å². The minimum Gasteiger partial charge on any atom is -0.479 e. The number of hydrogen-bond acceptors (Lipinski definition) is 14. The zero-order valence-corrected chi connectivity index (χ0v) is 26.8. The quantitative estimate of drug-likeness (QED) is 0.196. The van der Waals surface area contributed by atoms with E-state index in [1.807, 2.05) is 20.8 Å². The summed E-state index contributed by atoms with van der Waals surface area (Å²) >= 11 is 0. The molecule has 2 aliphatic heterocycles. The number of esters is 2. The largest absolute Gasteiger partial charge is 0.479 e. The van der Waals surface area contributed by atoms with E-state index in [-0.39, 0.29) is 41.6 Å². The summed E-state index contributed by atoms with van der Waals surface area (Å²) in [5, 5.41) is 25.2. The average molecular weight is 644 g/mol. The zero-order chi connectivity index (χ0) is 32.6. The number of nitrogens with one attached hydrogen (secondary N) is 1. The molecule has 2 aromatic rings. The van der Waals surface area contributed by atoms with Crippen LogP contribution in [0.2, 0.25) is 0 Å². The number of ether oxygens (including phenoxy) is 4. The van der Waals surface area contributed by atoms with E-state index in [1.165, 1.54) is 43.6 Å². The van der Waals surface area contributed by atoms with Gasteiger partial charge in [-0.2, -0.15) is 9.97 Å². The minimum absolute atomic E-state index is 0.109. The molecule has 18 heteroatoms. The molecule has 0 spiro atoms. The molecule has 0 bridgehead atoms. The van der Waals surface area contributed by atoms with Gasteiger partial charge < -0.3 is 39.4 Å². The number of carbonyl (C=O) groups is 2. The standard InChI is InChI=1S/C26H42N7O10P/c1-14(21(35)41-12-25(2,3)4)31-44(38,33-10-8-9-15(33)22(36)40-7)42-11-16-18(34)26(5,37)23(43-16)32-13-28-17-19(32)29-24(27)30-20(17)39-6/h13-16,18,23,34,37H,8-12H2,1-7H3,(H,31,38)(H2,27,29,30). The normalized spacial score (nSPS) is 28.1. The fourth-order valence-electron chi connectivity index (χ4n) is 5.11. The Balaban J connectivity index is 1.58. The zero-order valence-electron chi connectivity index (χ0n) is 25.9. The van der Waals surface area contributed by atoms with Crippen LogP contribution in [-0.4, -0.2) is 110 Å². The number of rotatable bonds is 11. The van der Waals surface area contributed by atoms with Gasteiger partial charge in [0.15, 0.2) is 17.4 Å². The van der Waals surface area contributed by atoms with Crippen LogP contribution >= 0.6 is 7.67 Å². The van der Waals surface area contributed by atoms with Gasteiger partial charge in [0, 0.05) is 6.54 Å². The number of nitrogens with two attached hydrogens (primary N) is 1. The second-order valence-electron chi connectivity index (χ2n) is 12.3. The fraction of sp³-hybridized carbons (Fsp3) is 0.731. The lowest BCUT2D eigenvalue weighted by atomic mass is 9.96. The van der Waals surface area contributed by atoms with Crippen molar-refractivity contribution in [3.05, 3.63) is 6.33 Å². The van der Waals surface area contributed by atoms with Crippen LogP contribution in [0.5, 0.6) is 5.88 Å². The number of anilines is 1. The molecule has 4 rings (SSSR count). The Labute approximate surface area is 254 Å². The van der Waals surface area contributed by atoms with E-state index in [0.717, 1.165) is 0 Å². The smallest absolute Gasteiger partial charge is 0.345 e. The molecule has 0 saturated carbocycles. The van der Waals surface area contributed by atoms with Gasteiger partial charge in [0.25, 0.3) is 0 Å². The molecule has 5 N–H and O–H groups in total. The van der Waals surface area contributed by atoms with Gasteiger partial charge in [0.2, 0.25) is 11.8 Å². The third-order valence-electron chi connectivity index (χ3n) is 7.41. The molecule has 4 heterocycles. The Morgan fingerprint density at radius 2 is 2.02 bits per heavy atom. The van der Waals surface area contributed by atoms with Crippen LogP contribution in [0.3, 0.4) is 0 Å². The first kappa shape index (κ1) is 34.0. The first-order valence-electron chi connectivity index (χ1n) is 14.2. The van der Waals surface area contributed by atoms with Gasteiger partial charge in [-0.3, -0.25) is 18.7 Å². The number of aliphatic hydroxyl groups is 2. The van der Waals surface area contributed by atoms with E-state index in [1.54, 1.807) is 0 Å². The summed E-state index contributed by atoms with van der Waals surface area (Å²) in [6.07, 6.45) is -1.79. The van der Waals surface area contributed by atoms with Crippen molar-refractivity contribution in [2.75, 3.05) is 39.7 Å². The Bertz CT molecular complexity index is 1410. The lowest BCUT2D eigenvalue weighted by Crippen LogP contribution is -2.46. The van der Waals surface area contributed by atoms with Gasteiger partial charge in [-0.15, -0.1) is 0 Å². The molecule has 0 aromatic carbocycles. The minimum atomic E-state index is -4.19. The van der Waals surface area contributed by atoms with E-state index in [9.17, 15) is 24.4 Å². The number of fused-ring (bicyclic) bond motifs is 1. The maximum absolute atomic E-state index is 14.5. The first-order chi connectivity index (χ1) is 20.5. The summed E-state index contributed by atoms with van der Waals surface area (Å²) < 4.78 is 44.7. The number of methoxy groups -OCH3 is 2. The van der Waals surface area contributed by atoms with Crippen molar-refractivity contribution >= 4 is 36.7 Å². The Kier molecular flexibility index (Phi) is 9.90. The second-order valence-corrected chi connectivity index (χ2v) is 14.4. The van der Waals surface area contributed by atoms with E-state index in [2.05, 4.69) is 20.0 Å². The number of nitrogens with zero attached hydrogens (tertiary/aromatic N) is 5. The predicted molar refractivity (Wildman–Crippen MR) is 155 cm³/mol. The Hall–Kier alpha value is -2.92. The Morgan fingerprint density at radius 3 is 2.66 bits per heavy atom. The van der Waals surface area contributed by atoms with Crippen molar-refractivity contribution in [3.8, 4) is 5.88 Å². The number of aliphatic hydroxyl groups excluding tert-OH is 1. The lowest BCUT2D eigenvalue weighted by Gasteiger charge is -2.33. The summed E-state index contributed by atoms with van der Waals surface area (Å²) in [5.74, 6) is -1.28.